The molecule has 0 heterocycles. The maximum absolute atomic E-state index is 12.4. The second-order valence-electron chi connectivity index (χ2n) is 10.7. The molecule has 0 saturated heterocycles. The molecule has 0 aromatic carbocycles. The van der Waals surface area contributed by atoms with E-state index < -0.39 is 0 Å². The highest BCUT2D eigenvalue weighted by molar-refractivity contribution is 5.75. The standard InChI is InChI=1S/C22H40N4O2/c1-21(2)12-18(26-20(28)25-17-10-6-7-11-17)13-22(3,14-21)15-23-19(27)24-16-8-4-5-9-16/h16-18H,4-15H2,1-3H3,(H2,23,24,27)(H2,25,26,28). The number of hydrogen-bond acceptors (Lipinski definition) is 2. The first kappa shape index (κ1) is 21.3. The molecule has 0 aromatic rings. The Kier molecular flexibility index (Phi) is 6.77. The Morgan fingerprint density at radius 1 is 0.750 bits per heavy atom. The highest BCUT2D eigenvalue weighted by Gasteiger charge is 2.42. The Labute approximate surface area is 170 Å². The first-order valence-corrected chi connectivity index (χ1v) is 11.3. The van der Waals surface area contributed by atoms with Crippen molar-refractivity contribution < 1.29 is 9.59 Å². The summed E-state index contributed by atoms with van der Waals surface area (Å²) in [4.78, 5) is 24.7. The van der Waals surface area contributed by atoms with E-state index in [9.17, 15) is 9.59 Å². The molecule has 6 nitrogen and oxygen atoms in total. The van der Waals surface area contributed by atoms with E-state index in [0.717, 1.165) is 44.9 Å². The van der Waals surface area contributed by atoms with Crippen molar-refractivity contribution in [1.82, 2.24) is 21.3 Å². The van der Waals surface area contributed by atoms with Crippen LogP contribution in [0.3, 0.4) is 0 Å². The lowest BCUT2D eigenvalue weighted by Gasteiger charge is -2.47. The molecule has 3 aliphatic rings. The van der Waals surface area contributed by atoms with E-state index in [0.29, 0.717) is 18.6 Å². The van der Waals surface area contributed by atoms with E-state index in [1.54, 1.807) is 0 Å². The molecule has 28 heavy (non-hydrogen) atoms. The number of amides is 4. The van der Waals surface area contributed by atoms with Gasteiger partial charge in [0.15, 0.2) is 0 Å². The predicted octanol–water partition coefficient (Wildman–Crippen LogP) is 4.06. The quantitative estimate of drug-likeness (QED) is 0.569. The summed E-state index contributed by atoms with van der Waals surface area (Å²) in [5, 5.41) is 12.6. The van der Waals surface area contributed by atoms with Gasteiger partial charge in [-0.3, -0.25) is 0 Å². The summed E-state index contributed by atoms with van der Waals surface area (Å²) in [5.74, 6) is 0. The Hall–Kier alpha value is -1.46. The summed E-state index contributed by atoms with van der Waals surface area (Å²) in [7, 11) is 0. The molecule has 0 radical (unpaired) electrons. The fourth-order valence-corrected chi connectivity index (χ4v) is 5.95. The molecule has 3 saturated carbocycles. The Morgan fingerprint density at radius 3 is 1.82 bits per heavy atom. The van der Waals surface area contributed by atoms with Crippen LogP contribution >= 0.6 is 0 Å². The third kappa shape index (κ3) is 6.28. The molecule has 0 bridgehead atoms. The molecule has 0 spiro atoms. The number of carbonyl (C=O) groups is 2. The maximum atomic E-state index is 12.4. The van der Waals surface area contributed by atoms with Crippen molar-refractivity contribution in [2.45, 2.75) is 110 Å². The molecule has 4 amide bonds. The Morgan fingerprint density at radius 2 is 1.25 bits per heavy atom. The highest BCUT2D eigenvalue weighted by Crippen LogP contribution is 2.45. The van der Waals surface area contributed by atoms with Gasteiger partial charge in [0.05, 0.1) is 0 Å². The van der Waals surface area contributed by atoms with E-state index >= 15 is 0 Å². The van der Waals surface area contributed by atoms with Crippen molar-refractivity contribution in [2.24, 2.45) is 10.8 Å². The second kappa shape index (κ2) is 8.91. The average Bonchev–Trinajstić information content (AvgIpc) is 3.25. The van der Waals surface area contributed by atoms with Crippen molar-refractivity contribution in [3.63, 3.8) is 0 Å². The van der Waals surface area contributed by atoms with Crippen LogP contribution in [0, 0.1) is 10.8 Å². The van der Waals surface area contributed by atoms with Gasteiger partial charge in [0.1, 0.15) is 0 Å². The lowest BCUT2D eigenvalue weighted by atomic mass is 9.62. The van der Waals surface area contributed by atoms with Gasteiger partial charge in [-0.2, -0.15) is 0 Å². The summed E-state index contributed by atoms with van der Waals surface area (Å²) in [6, 6.07) is 0.756. The molecule has 3 fully saturated rings. The van der Waals surface area contributed by atoms with E-state index in [1.165, 1.54) is 25.7 Å². The molecule has 2 unspecified atom stereocenters. The summed E-state index contributed by atoms with van der Waals surface area (Å²) in [6.45, 7) is 7.43. The van der Waals surface area contributed by atoms with Crippen molar-refractivity contribution in [3.8, 4) is 0 Å². The third-order valence-electron chi connectivity index (χ3n) is 6.84. The van der Waals surface area contributed by atoms with Crippen LogP contribution in [0.25, 0.3) is 0 Å². The molecular weight excluding hydrogens is 352 g/mol. The molecule has 0 aromatic heterocycles. The van der Waals surface area contributed by atoms with Crippen LogP contribution in [-0.4, -0.2) is 36.7 Å². The largest absolute Gasteiger partial charge is 0.338 e. The first-order chi connectivity index (χ1) is 13.2. The smallest absolute Gasteiger partial charge is 0.315 e. The van der Waals surface area contributed by atoms with Gasteiger partial charge in [-0.05, 0) is 55.8 Å². The van der Waals surface area contributed by atoms with Gasteiger partial charge in [0, 0.05) is 24.7 Å². The normalized spacial score (nSPS) is 30.8. The fourth-order valence-electron chi connectivity index (χ4n) is 5.95. The molecule has 3 aliphatic carbocycles. The SMILES string of the molecule is CC1(C)CC(NC(=O)NC2CCCC2)CC(C)(CNC(=O)NC2CCCC2)C1. The lowest BCUT2D eigenvalue weighted by Crippen LogP contribution is -2.54. The van der Waals surface area contributed by atoms with Gasteiger partial charge in [0.25, 0.3) is 0 Å². The minimum Gasteiger partial charge on any atom is -0.338 e. The molecule has 160 valence electrons. The summed E-state index contributed by atoms with van der Waals surface area (Å²) < 4.78 is 0. The van der Waals surface area contributed by atoms with Crippen LogP contribution in [0.15, 0.2) is 0 Å². The summed E-state index contributed by atoms with van der Waals surface area (Å²) in [6.07, 6.45) is 12.2. The van der Waals surface area contributed by atoms with Crippen LogP contribution in [0.1, 0.15) is 91.4 Å². The highest BCUT2D eigenvalue weighted by atomic mass is 16.2. The number of rotatable bonds is 5. The van der Waals surface area contributed by atoms with E-state index in [2.05, 4.69) is 42.0 Å². The van der Waals surface area contributed by atoms with Crippen molar-refractivity contribution in [3.05, 3.63) is 0 Å². The maximum Gasteiger partial charge on any atom is 0.315 e. The minimum atomic E-state index is -0.0417. The fraction of sp³-hybridized carbons (Fsp3) is 0.909. The van der Waals surface area contributed by atoms with Gasteiger partial charge < -0.3 is 21.3 Å². The Balaban J connectivity index is 1.49. The van der Waals surface area contributed by atoms with Gasteiger partial charge in [-0.15, -0.1) is 0 Å². The summed E-state index contributed by atoms with van der Waals surface area (Å²) in [5.41, 5.74) is 0.127. The number of carbonyl (C=O) groups excluding carboxylic acids is 2. The van der Waals surface area contributed by atoms with Gasteiger partial charge >= 0.3 is 12.1 Å². The van der Waals surface area contributed by atoms with Gasteiger partial charge in [0.2, 0.25) is 0 Å². The molecule has 0 aliphatic heterocycles. The average molecular weight is 393 g/mol. The minimum absolute atomic E-state index is 0.0138. The number of nitrogens with one attached hydrogen (secondary N) is 4. The second-order valence-corrected chi connectivity index (χ2v) is 10.7. The first-order valence-electron chi connectivity index (χ1n) is 11.3. The lowest BCUT2D eigenvalue weighted by molar-refractivity contribution is 0.0746. The summed E-state index contributed by atoms with van der Waals surface area (Å²) >= 11 is 0. The van der Waals surface area contributed by atoms with Crippen LogP contribution in [-0.2, 0) is 0 Å². The Bertz CT molecular complexity index is 553. The predicted molar refractivity (Wildman–Crippen MR) is 112 cm³/mol. The van der Waals surface area contributed by atoms with Crippen LogP contribution in [0.2, 0.25) is 0 Å². The van der Waals surface area contributed by atoms with Crippen molar-refractivity contribution in [1.29, 1.82) is 0 Å². The van der Waals surface area contributed by atoms with E-state index in [-0.39, 0.29) is 28.9 Å². The van der Waals surface area contributed by atoms with Crippen LogP contribution in [0.5, 0.6) is 0 Å². The third-order valence-corrected chi connectivity index (χ3v) is 6.84. The van der Waals surface area contributed by atoms with E-state index in [1.807, 2.05) is 0 Å². The molecule has 3 rings (SSSR count). The van der Waals surface area contributed by atoms with Crippen LogP contribution in [0.4, 0.5) is 9.59 Å². The zero-order valence-electron chi connectivity index (χ0n) is 18.0. The zero-order valence-corrected chi connectivity index (χ0v) is 18.0. The molecule has 2 atom stereocenters. The molecule has 6 heteroatoms. The zero-order chi connectivity index (χ0) is 20.2. The number of hydrogen-bond donors (Lipinski definition) is 4. The van der Waals surface area contributed by atoms with E-state index in [4.69, 9.17) is 0 Å². The van der Waals surface area contributed by atoms with Crippen molar-refractivity contribution in [2.75, 3.05) is 6.54 Å². The van der Waals surface area contributed by atoms with Gasteiger partial charge in [-0.1, -0.05) is 46.5 Å². The monoisotopic (exact) mass is 392 g/mol. The topological polar surface area (TPSA) is 82.3 Å². The molecular formula is C22H40N4O2. The van der Waals surface area contributed by atoms with Gasteiger partial charge in [-0.25, -0.2) is 9.59 Å². The van der Waals surface area contributed by atoms with Crippen LogP contribution < -0.4 is 21.3 Å². The van der Waals surface area contributed by atoms with Crippen molar-refractivity contribution >= 4 is 12.1 Å². The number of urea groups is 2. The molecule has 4 N–H and O–H groups in total.